The number of hydrogen-bond acceptors (Lipinski definition) is 9. The molecule has 9 nitrogen and oxygen atoms in total. The number of ether oxygens (including phenoxy) is 2. The molecular weight excluding hydrogens is 559 g/mol. The Kier molecular flexibility index (Phi) is 8.16. The van der Waals surface area contributed by atoms with Crippen molar-refractivity contribution in [3.63, 3.8) is 0 Å². The molecule has 2 N–H and O–H groups in total. The van der Waals surface area contributed by atoms with Crippen LogP contribution in [0.25, 0.3) is 22.5 Å². The fourth-order valence-electron chi connectivity index (χ4n) is 4.32. The van der Waals surface area contributed by atoms with Crippen molar-refractivity contribution in [3.8, 4) is 22.5 Å². The van der Waals surface area contributed by atoms with Gasteiger partial charge in [0.2, 0.25) is 0 Å². The summed E-state index contributed by atoms with van der Waals surface area (Å²) in [4.78, 5) is 9.22. The summed E-state index contributed by atoms with van der Waals surface area (Å²) in [6.07, 6.45) is 2.93. The zero-order valence-corrected chi connectivity index (χ0v) is 21.7. The normalized spacial score (nSPS) is 23.2. The first-order chi connectivity index (χ1) is 18.8. The van der Waals surface area contributed by atoms with Crippen LogP contribution in [0.15, 0.2) is 60.0 Å². The second-order valence-electron chi connectivity index (χ2n) is 8.60. The first-order valence-electron chi connectivity index (χ1n) is 11.6. The van der Waals surface area contributed by atoms with Crippen LogP contribution in [0.1, 0.15) is 6.04 Å². The smallest absolute Gasteiger partial charge is 0.194 e. The van der Waals surface area contributed by atoms with Crippen LogP contribution in [0.3, 0.4) is 0 Å². The van der Waals surface area contributed by atoms with Crippen LogP contribution in [0, 0.1) is 17.5 Å². The first kappa shape index (κ1) is 27.5. The SMILES string of the molecule is COC1[C@@H](Sc2cc(Cl)cnc2-c2cccnc2)OC(CO)[C@H](O)[C@@H]1n1cc(-c2cc(F)c(F)c(F)c2)nn1. The van der Waals surface area contributed by atoms with Crippen molar-refractivity contribution in [2.45, 2.75) is 34.7 Å². The molecule has 39 heavy (non-hydrogen) atoms. The number of rotatable bonds is 7. The highest BCUT2D eigenvalue weighted by Gasteiger charge is 2.47. The Bertz CT molecular complexity index is 1440. The van der Waals surface area contributed by atoms with Gasteiger partial charge >= 0.3 is 0 Å². The van der Waals surface area contributed by atoms with E-state index in [1.807, 2.05) is 6.07 Å². The molecule has 1 aliphatic rings. The molecule has 1 aliphatic heterocycles. The van der Waals surface area contributed by atoms with Gasteiger partial charge in [0.15, 0.2) is 17.5 Å². The third kappa shape index (κ3) is 5.51. The Morgan fingerprint density at radius 2 is 1.92 bits per heavy atom. The molecule has 5 rings (SSSR count). The van der Waals surface area contributed by atoms with Crippen LogP contribution in [0.2, 0.25) is 5.02 Å². The van der Waals surface area contributed by atoms with Crippen LogP contribution in [-0.4, -0.2) is 72.6 Å². The molecule has 0 aliphatic carbocycles. The summed E-state index contributed by atoms with van der Waals surface area (Å²) < 4.78 is 54.1. The van der Waals surface area contributed by atoms with E-state index in [1.165, 1.54) is 35.9 Å². The summed E-state index contributed by atoms with van der Waals surface area (Å²) in [5.74, 6) is -4.36. The van der Waals surface area contributed by atoms with Crippen LogP contribution in [0.5, 0.6) is 0 Å². The van der Waals surface area contributed by atoms with Crippen molar-refractivity contribution in [2.24, 2.45) is 0 Å². The summed E-state index contributed by atoms with van der Waals surface area (Å²) >= 11 is 7.46. The third-order valence-corrected chi connectivity index (χ3v) is 7.57. The zero-order chi connectivity index (χ0) is 27.7. The standard InChI is InChI=1S/C25H21ClF3N5O4S/c1-37-24-22(34-10-17(32-33-34)13-5-15(27)20(29)16(28)6-13)23(36)18(11-35)38-25(24)39-19-7-14(26)9-31-21(19)12-3-2-4-30-8-12/h2-10,18,22-25,35-36H,11H2,1H3/t18?,22-,23-,24?,25+/m0/s1. The van der Waals surface area contributed by atoms with Gasteiger partial charge in [-0.05, 0) is 30.3 Å². The predicted octanol–water partition coefficient (Wildman–Crippen LogP) is 3.90. The van der Waals surface area contributed by atoms with Gasteiger partial charge < -0.3 is 19.7 Å². The van der Waals surface area contributed by atoms with E-state index in [-0.39, 0.29) is 11.3 Å². The lowest BCUT2D eigenvalue weighted by molar-refractivity contribution is -0.186. The van der Waals surface area contributed by atoms with Gasteiger partial charge in [-0.25, -0.2) is 17.9 Å². The van der Waals surface area contributed by atoms with Crippen LogP contribution < -0.4 is 0 Å². The molecule has 204 valence electrons. The fraction of sp³-hybridized carbons (Fsp3) is 0.280. The molecule has 0 amide bonds. The van der Waals surface area contributed by atoms with Gasteiger partial charge in [0.1, 0.15) is 35.5 Å². The molecule has 1 aromatic carbocycles. The van der Waals surface area contributed by atoms with Gasteiger partial charge in [0.25, 0.3) is 0 Å². The Balaban J connectivity index is 1.50. The molecule has 4 heterocycles. The minimum Gasteiger partial charge on any atom is -0.394 e. The Hall–Kier alpha value is -3.07. The number of aromatic nitrogens is 5. The van der Waals surface area contributed by atoms with E-state index in [0.29, 0.717) is 15.6 Å². The summed E-state index contributed by atoms with van der Waals surface area (Å²) in [5, 5.41) is 29.4. The number of pyridine rings is 2. The molecule has 0 saturated carbocycles. The summed E-state index contributed by atoms with van der Waals surface area (Å²) in [5.41, 5.74) is 0.497. The first-order valence-corrected chi connectivity index (χ1v) is 12.8. The van der Waals surface area contributed by atoms with E-state index in [9.17, 15) is 23.4 Å². The average Bonchev–Trinajstić information content (AvgIpc) is 3.42. The van der Waals surface area contributed by atoms with E-state index < -0.39 is 53.8 Å². The number of aliphatic hydroxyl groups excluding tert-OH is 2. The summed E-state index contributed by atoms with van der Waals surface area (Å²) in [6, 6.07) is 5.96. The molecular formula is C25H21ClF3N5O4S. The van der Waals surface area contributed by atoms with E-state index >= 15 is 0 Å². The van der Waals surface area contributed by atoms with Gasteiger partial charge in [-0.3, -0.25) is 9.97 Å². The average molecular weight is 580 g/mol. The summed E-state index contributed by atoms with van der Waals surface area (Å²) in [6.45, 7) is -0.523. The maximum atomic E-state index is 13.8. The van der Waals surface area contributed by atoms with Crippen molar-refractivity contribution in [1.82, 2.24) is 25.0 Å². The van der Waals surface area contributed by atoms with Crippen molar-refractivity contribution in [2.75, 3.05) is 13.7 Å². The van der Waals surface area contributed by atoms with Gasteiger partial charge in [-0.2, -0.15) is 0 Å². The highest BCUT2D eigenvalue weighted by atomic mass is 35.5. The highest BCUT2D eigenvalue weighted by molar-refractivity contribution is 8.00. The quantitative estimate of drug-likeness (QED) is 0.315. The number of thioether (sulfide) groups is 1. The fourth-order valence-corrected chi connectivity index (χ4v) is 5.88. The number of nitrogens with zero attached hydrogens (tertiary/aromatic N) is 5. The molecule has 5 atom stereocenters. The van der Waals surface area contributed by atoms with Crippen molar-refractivity contribution in [3.05, 3.63) is 77.6 Å². The Morgan fingerprint density at radius 3 is 2.59 bits per heavy atom. The lowest BCUT2D eigenvalue weighted by Gasteiger charge is -2.43. The molecule has 0 spiro atoms. The highest BCUT2D eigenvalue weighted by Crippen LogP contribution is 2.42. The van der Waals surface area contributed by atoms with Gasteiger partial charge in [0.05, 0.1) is 23.5 Å². The van der Waals surface area contributed by atoms with Gasteiger partial charge in [0, 0.05) is 41.7 Å². The number of aliphatic hydroxyl groups is 2. The van der Waals surface area contributed by atoms with Crippen molar-refractivity contribution < 1.29 is 32.9 Å². The Labute approximate surface area is 229 Å². The number of benzene rings is 1. The largest absolute Gasteiger partial charge is 0.394 e. The molecule has 0 bridgehead atoms. The minimum atomic E-state index is -1.60. The molecule has 3 aromatic heterocycles. The third-order valence-electron chi connectivity index (χ3n) is 6.19. The summed E-state index contributed by atoms with van der Waals surface area (Å²) in [7, 11) is 1.42. The second kappa shape index (κ2) is 11.6. The maximum absolute atomic E-state index is 13.8. The number of halogens is 4. The van der Waals surface area contributed by atoms with Gasteiger partial charge in [-0.15, -0.1) is 5.10 Å². The van der Waals surface area contributed by atoms with Crippen molar-refractivity contribution in [1.29, 1.82) is 0 Å². The molecule has 14 heteroatoms. The van der Waals surface area contributed by atoms with Gasteiger partial charge in [-0.1, -0.05) is 28.6 Å². The topological polar surface area (TPSA) is 115 Å². The maximum Gasteiger partial charge on any atom is 0.194 e. The Morgan fingerprint density at radius 1 is 1.15 bits per heavy atom. The monoisotopic (exact) mass is 579 g/mol. The van der Waals surface area contributed by atoms with E-state index in [4.69, 9.17) is 21.1 Å². The molecule has 2 unspecified atom stereocenters. The van der Waals surface area contributed by atoms with E-state index in [1.54, 1.807) is 24.5 Å². The minimum absolute atomic E-state index is 0.0315. The molecule has 0 radical (unpaired) electrons. The molecule has 1 saturated heterocycles. The van der Waals surface area contributed by atoms with E-state index in [2.05, 4.69) is 20.3 Å². The van der Waals surface area contributed by atoms with Crippen LogP contribution in [0.4, 0.5) is 13.2 Å². The lowest BCUT2D eigenvalue weighted by atomic mass is 9.97. The lowest BCUT2D eigenvalue weighted by Crippen LogP contribution is -2.55. The van der Waals surface area contributed by atoms with Crippen LogP contribution >= 0.6 is 23.4 Å². The predicted molar refractivity (Wildman–Crippen MR) is 135 cm³/mol. The van der Waals surface area contributed by atoms with E-state index in [0.717, 1.165) is 17.7 Å². The number of hydrogen-bond donors (Lipinski definition) is 2. The molecule has 4 aromatic rings. The number of methoxy groups -OCH3 is 1. The van der Waals surface area contributed by atoms with Crippen molar-refractivity contribution >= 4 is 23.4 Å². The van der Waals surface area contributed by atoms with Crippen LogP contribution in [-0.2, 0) is 9.47 Å². The molecule has 1 fully saturated rings. The second-order valence-corrected chi connectivity index (χ2v) is 10.2. The zero-order valence-electron chi connectivity index (χ0n) is 20.2.